The van der Waals surface area contributed by atoms with Gasteiger partial charge in [0, 0.05) is 24.8 Å². The molecular weight excluding hydrogens is 404 g/mol. The molecule has 0 bridgehead atoms. The number of halogens is 1. The Hall–Kier alpha value is -2.87. The molecule has 9 heteroatoms. The van der Waals surface area contributed by atoms with Gasteiger partial charge in [-0.25, -0.2) is 10.2 Å². The number of hydrogen-bond donors (Lipinski definition) is 1. The quantitative estimate of drug-likeness (QED) is 0.510. The summed E-state index contributed by atoms with van der Waals surface area (Å²) in [6.07, 6.45) is 6.62. The van der Waals surface area contributed by atoms with Gasteiger partial charge in [-0.15, -0.1) is 0 Å². The van der Waals surface area contributed by atoms with Crippen molar-refractivity contribution >= 4 is 34.4 Å². The van der Waals surface area contributed by atoms with E-state index in [-0.39, 0.29) is 0 Å². The predicted octanol–water partition coefficient (Wildman–Crippen LogP) is 3.26. The number of imidazole rings is 1. The van der Waals surface area contributed by atoms with E-state index in [1.807, 2.05) is 24.3 Å². The summed E-state index contributed by atoms with van der Waals surface area (Å²) in [6, 6.07) is 7.47. The predicted molar refractivity (Wildman–Crippen MR) is 120 cm³/mol. The Morgan fingerprint density at radius 1 is 1.07 bits per heavy atom. The van der Waals surface area contributed by atoms with Gasteiger partial charge in [0.15, 0.2) is 11.2 Å². The molecule has 1 aliphatic carbocycles. The molecule has 8 nitrogen and oxygen atoms in total. The number of fused-ring (bicyclic) bond motifs is 1. The van der Waals surface area contributed by atoms with Crippen LogP contribution in [0.1, 0.15) is 44.1 Å². The van der Waals surface area contributed by atoms with Crippen molar-refractivity contribution in [3.8, 4) is 0 Å². The van der Waals surface area contributed by atoms with Crippen molar-refractivity contribution in [2.45, 2.75) is 45.1 Å². The molecule has 2 aromatic heterocycles. The first-order valence-electron chi connectivity index (χ1n) is 10.2. The van der Waals surface area contributed by atoms with Crippen LogP contribution < -0.4 is 16.7 Å². The van der Waals surface area contributed by atoms with Crippen LogP contribution in [0, 0.1) is 0 Å². The highest BCUT2D eigenvalue weighted by atomic mass is 35.5. The highest BCUT2D eigenvalue weighted by molar-refractivity contribution is 6.31. The molecule has 158 valence electrons. The van der Waals surface area contributed by atoms with E-state index in [4.69, 9.17) is 11.6 Å². The summed E-state index contributed by atoms with van der Waals surface area (Å²) in [5, 5.41) is 5.19. The topological polar surface area (TPSA) is 86.2 Å². The summed E-state index contributed by atoms with van der Waals surface area (Å²) < 4.78 is 4.22. The van der Waals surface area contributed by atoms with Crippen molar-refractivity contribution in [1.82, 2.24) is 18.7 Å². The molecule has 1 aliphatic rings. The van der Waals surface area contributed by atoms with E-state index in [1.165, 1.54) is 24.5 Å². The van der Waals surface area contributed by atoms with Crippen LogP contribution in [0.5, 0.6) is 0 Å². The van der Waals surface area contributed by atoms with E-state index in [0.717, 1.165) is 41.5 Å². The second-order valence-corrected chi connectivity index (χ2v) is 8.10. The minimum Gasteiger partial charge on any atom is -0.298 e. The van der Waals surface area contributed by atoms with Gasteiger partial charge in [0.2, 0.25) is 5.95 Å². The Balaban J connectivity index is 1.86. The van der Waals surface area contributed by atoms with E-state index < -0.39 is 11.2 Å². The molecular formula is C21H25ClN6O2. The van der Waals surface area contributed by atoms with E-state index in [9.17, 15) is 9.59 Å². The number of aromatic nitrogens is 4. The van der Waals surface area contributed by atoms with Crippen molar-refractivity contribution in [3.63, 3.8) is 0 Å². The van der Waals surface area contributed by atoms with Gasteiger partial charge in [-0.3, -0.25) is 18.5 Å². The SMILES string of the molecule is Cn1c(=O)c2c(nc(NN=C3CCCCCC3)n2Cc2ccccc2Cl)n(C)c1=O. The van der Waals surface area contributed by atoms with Crippen LogP contribution in [0.2, 0.25) is 5.02 Å². The molecule has 0 atom stereocenters. The number of nitrogens with zero attached hydrogens (tertiary/aromatic N) is 5. The average molecular weight is 429 g/mol. The van der Waals surface area contributed by atoms with Crippen LogP contribution in [-0.2, 0) is 20.6 Å². The second-order valence-electron chi connectivity index (χ2n) is 7.69. The Bertz CT molecular complexity index is 1230. The molecule has 1 N–H and O–H groups in total. The minimum absolute atomic E-state index is 0.318. The molecule has 1 saturated carbocycles. The summed E-state index contributed by atoms with van der Waals surface area (Å²) in [4.78, 5) is 29.9. The maximum absolute atomic E-state index is 13.0. The number of anilines is 1. The lowest BCUT2D eigenvalue weighted by Crippen LogP contribution is -2.37. The third-order valence-corrected chi connectivity index (χ3v) is 6.00. The Morgan fingerprint density at radius 3 is 2.47 bits per heavy atom. The number of aryl methyl sites for hydroxylation is 1. The maximum Gasteiger partial charge on any atom is 0.332 e. The van der Waals surface area contributed by atoms with Gasteiger partial charge >= 0.3 is 5.69 Å². The summed E-state index contributed by atoms with van der Waals surface area (Å²) >= 11 is 6.37. The van der Waals surface area contributed by atoms with Crippen molar-refractivity contribution in [2.24, 2.45) is 19.2 Å². The van der Waals surface area contributed by atoms with Gasteiger partial charge in [-0.2, -0.15) is 10.1 Å². The van der Waals surface area contributed by atoms with E-state index in [2.05, 4.69) is 15.5 Å². The Morgan fingerprint density at radius 2 is 1.77 bits per heavy atom. The fraction of sp³-hybridized carbons (Fsp3) is 0.429. The number of hydrazone groups is 1. The molecule has 3 aromatic rings. The second kappa shape index (κ2) is 8.47. The fourth-order valence-corrected chi connectivity index (χ4v) is 4.06. The van der Waals surface area contributed by atoms with Crippen LogP contribution in [-0.4, -0.2) is 24.4 Å². The minimum atomic E-state index is -0.420. The zero-order valence-corrected chi connectivity index (χ0v) is 17.9. The van der Waals surface area contributed by atoms with E-state index >= 15 is 0 Å². The van der Waals surface area contributed by atoms with Gasteiger partial charge in [-0.1, -0.05) is 42.6 Å². The number of nitrogens with one attached hydrogen (secondary N) is 1. The number of rotatable bonds is 4. The van der Waals surface area contributed by atoms with Crippen molar-refractivity contribution < 1.29 is 0 Å². The first-order valence-corrected chi connectivity index (χ1v) is 10.6. The first kappa shape index (κ1) is 20.4. The molecule has 0 aliphatic heterocycles. The zero-order chi connectivity index (χ0) is 21.3. The lowest BCUT2D eigenvalue weighted by Gasteiger charge is -2.11. The number of hydrogen-bond acceptors (Lipinski definition) is 5. The smallest absolute Gasteiger partial charge is 0.298 e. The lowest BCUT2D eigenvalue weighted by molar-refractivity contribution is 0.702. The zero-order valence-electron chi connectivity index (χ0n) is 17.2. The van der Waals surface area contributed by atoms with E-state index in [1.54, 1.807) is 11.6 Å². The molecule has 30 heavy (non-hydrogen) atoms. The molecule has 0 spiro atoms. The molecule has 0 saturated heterocycles. The summed E-state index contributed by atoms with van der Waals surface area (Å²) in [5.41, 5.74) is 4.85. The van der Waals surface area contributed by atoms with Gasteiger partial charge in [0.25, 0.3) is 5.56 Å². The first-order chi connectivity index (χ1) is 14.5. The normalized spacial score (nSPS) is 14.7. The van der Waals surface area contributed by atoms with Crippen LogP contribution in [0.3, 0.4) is 0 Å². The third kappa shape index (κ3) is 3.79. The summed E-state index contributed by atoms with van der Waals surface area (Å²) in [6.45, 7) is 0.330. The molecule has 1 fully saturated rings. The third-order valence-electron chi connectivity index (χ3n) is 5.63. The molecule has 0 amide bonds. The van der Waals surface area contributed by atoms with Gasteiger partial charge < -0.3 is 0 Å². The molecule has 2 heterocycles. The Labute approximate surface area is 178 Å². The van der Waals surface area contributed by atoms with Crippen LogP contribution in [0.4, 0.5) is 5.95 Å². The van der Waals surface area contributed by atoms with Crippen molar-refractivity contribution in [2.75, 3.05) is 5.43 Å². The number of benzene rings is 1. The molecule has 4 rings (SSSR count). The highest BCUT2D eigenvalue weighted by Gasteiger charge is 2.20. The highest BCUT2D eigenvalue weighted by Crippen LogP contribution is 2.22. The molecule has 1 aromatic carbocycles. The maximum atomic E-state index is 13.0. The summed E-state index contributed by atoms with van der Waals surface area (Å²) in [5.74, 6) is 0.417. The average Bonchev–Trinajstić information content (AvgIpc) is 2.91. The molecule has 0 unspecified atom stereocenters. The monoisotopic (exact) mass is 428 g/mol. The van der Waals surface area contributed by atoms with Crippen LogP contribution in [0.15, 0.2) is 39.0 Å². The molecule has 0 radical (unpaired) electrons. The Kier molecular flexibility index (Phi) is 5.76. The van der Waals surface area contributed by atoms with Crippen LogP contribution >= 0.6 is 11.6 Å². The fourth-order valence-electron chi connectivity index (χ4n) is 3.86. The summed E-state index contributed by atoms with van der Waals surface area (Å²) in [7, 11) is 3.08. The van der Waals surface area contributed by atoms with E-state index in [0.29, 0.717) is 28.7 Å². The largest absolute Gasteiger partial charge is 0.332 e. The van der Waals surface area contributed by atoms with Crippen molar-refractivity contribution in [1.29, 1.82) is 0 Å². The van der Waals surface area contributed by atoms with Crippen LogP contribution in [0.25, 0.3) is 11.2 Å². The van der Waals surface area contributed by atoms with Gasteiger partial charge in [0.05, 0.1) is 6.54 Å². The van der Waals surface area contributed by atoms with Gasteiger partial charge in [-0.05, 0) is 37.3 Å². The lowest BCUT2D eigenvalue weighted by atomic mass is 10.2. The van der Waals surface area contributed by atoms with Crippen molar-refractivity contribution in [3.05, 3.63) is 55.7 Å². The standard InChI is InChI=1S/C21H25ClN6O2/c1-26-18-17(19(29)27(2)21(26)30)28(13-14-9-7-8-12-16(14)22)20(23-18)25-24-15-10-5-3-4-6-11-15/h7-9,12H,3-6,10-11,13H2,1-2H3,(H,23,25). The van der Waals surface area contributed by atoms with Gasteiger partial charge in [0.1, 0.15) is 0 Å².